The van der Waals surface area contributed by atoms with Gasteiger partial charge < -0.3 is 9.16 Å². The Kier molecular flexibility index (Phi) is 6.96. The molecule has 0 aromatic carbocycles. The number of carbonyl (C=O) groups excluding carboxylic acids is 1. The molecular weight excluding hydrogens is 460 g/mol. The van der Waals surface area contributed by atoms with E-state index >= 15 is 0 Å². The average molecular weight is 492 g/mol. The van der Waals surface area contributed by atoms with Crippen LogP contribution in [-0.4, -0.2) is 42.5 Å². The van der Waals surface area contributed by atoms with Gasteiger partial charge >= 0.3 is 6.09 Å². The lowest BCUT2D eigenvalue weighted by atomic mass is 10.1. The number of likely N-dealkylation sites (tertiary alicyclic amines) is 1. The van der Waals surface area contributed by atoms with E-state index in [1.54, 1.807) is 17.3 Å². The van der Waals surface area contributed by atoms with Crippen molar-refractivity contribution in [2.24, 2.45) is 0 Å². The van der Waals surface area contributed by atoms with Crippen LogP contribution in [0.15, 0.2) is 16.9 Å². The minimum Gasteiger partial charge on any atom is -0.444 e. The van der Waals surface area contributed by atoms with Crippen molar-refractivity contribution in [3.63, 3.8) is 0 Å². The minimum atomic E-state index is -1.97. The SMILES string of the molecule is CC(C)(C)OC(=O)N1C[C@H](O[Si](C)(C)C(C)(C)C)C[C@H]1c1cncc(Br)c1Cl. The quantitative estimate of drug-likeness (QED) is 0.449. The molecule has 0 unspecified atom stereocenters. The fourth-order valence-electron chi connectivity index (χ4n) is 2.96. The van der Waals surface area contributed by atoms with Crippen molar-refractivity contribution in [3.8, 4) is 0 Å². The smallest absolute Gasteiger partial charge is 0.410 e. The van der Waals surface area contributed by atoms with Crippen LogP contribution in [0, 0.1) is 0 Å². The van der Waals surface area contributed by atoms with Crippen molar-refractivity contribution in [1.29, 1.82) is 0 Å². The molecule has 158 valence electrons. The molecule has 1 fully saturated rings. The number of hydrogen-bond donors (Lipinski definition) is 0. The Morgan fingerprint density at radius 3 is 2.39 bits per heavy atom. The molecule has 2 rings (SSSR count). The van der Waals surface area contributed by atoms with Gasteiger partial charge in [-0.25, -0.2) is 4.79 Å². The summed E-state index contributed by atoms with van der Waals surface area (Å²) < 4.78 is 13.0. The maximum absolute atomic E-state index is 12.9. The Morgan fingerprint density at radius 1 is 1.25 bits per heavy atom. The van der Waals surface area contributed by atoms with E-state index in [0.29, 0.717) is 22.5 Å². The number of ether oxygens (including phenoxy) is 1. The molecular formula is C20H32BrClN2O3Si. The van der Waals surface area contributed by atoms with Crippen molar-refractivity contribution < 1.29 is 14.0 Å². The zero-order valence-corrected chi connectivity index (χ0v) is 21.4. The number of rotatable bonds is 3. The van der Waals surface area contributed by atoms with E-state index in [0.717, 1.165) is 5.56 Å². The van der Waals surface area contributed by atoms with Crippen LogP contribution in [0.25, 0.3) is 0 Å². The second-order valence-corrected chi connectivity index (χ2v) is 15.9. The highest BCUT2D eigenvalue weighted by atomic mass is 79.9. The van der Waals surface area contributed by atoms with Gasteiger partial charge in [0.05, 0.1) is 21.6 Å². The largest absolute Gasteiger partial charge is 0.444 e. The van der Waals surface area contributed by atoms with E-state index in [4.69, 9.17) is 20.8 Å². The molecule has 1 aromatic rings. The first-order valence-corrected chi connectivity index (χ1v) is 13.7. The summed E-state index contributed by atoms with van der Waals surface area (Å²) in [5, 5.41) is 0.665. The van der Waals surface area contributed by atoms with Gasteiger partial charge in [0.25, 0.3) is 0 Å². The number of amides is 1. The van der Waals surface area contributed by atoms with Crippen molar-refractivity contribution in [2.45, 2.75) is 83.8 Å². The molecule has 1 aliphatic heterocycles. The number of pyridine rings is 1. The summed E-state index contributed by atoms with van der Waals surface area (Å²) >= 11 is 9.97. The molecule has 1 aliphatic rings. The lowest BCUT2D eigenvalue weighted by Gasteiger charge is -2.38. The summed E-state index contributed by atoms with van der Waals surface area (Å²) in [4.78, 5) is 18.9. The summed E-state index contributed by atoms with van der Waals surface area (Å²) in [6.07, 6.45) is 3.64. The van der Waals surface area contributed by atoms with E-state index in [2.05, 4.69) is 54.8 Å². The van der Waals surface area contributed by atoms with E-state index in [1.165, 1.54) is 0 Å². The summed E-state index contributed by atoms with van der Waals surface area (Å²) in [6, 6.07) is -0.234. The van der Waals surface area contributed by atoms with Crippen molar-refractivity contribution in [3.05, 3.63) is 27.5 Å². The molecule has 2 atom stereocenters. The summed E-state index contributed by atoms with van der Waals surface area (Å²) in [6.45, 7) is 17.2. The molecule has 0 N–H and O–H groups in total. The fourth-order valence-corrected chi connectivity index (χ4v) is 4.89. The monoisotopic (exact) mass is 490 g/mol. The number of nitrogens with zero attached hydrogens (tertiary/aromatic N) is 2. The third-order valence-corrected chi connectivity index (χ3v) is 11.2. The molecule has 1 aromatic heterocycles. The zero-order valence-electron chi connectivity index (χ0n) is 18.1. The van der Waals surface area contributed by atoms with Crippen LogP contribution < -0.4 is 0 Å². The first kappa shape index (κ1) is 23.6. The molecule has 28 heavy (non-hydrogen) atoms. The van der Waals surface area contributed by atoms with Gasteiger partial charge in [-0.05, 0) is 61.3 Å². The predicted octanol–water partition coefficient (Wildman–Crippen LogP) is 6.57. The normalized spacial score (nSPS) is 21.1. The summed E-state index contributed by atoms with van der Waals surface area (Å²) in [5.41, 5.74) is 0.238. The first-order valence-electron chi connectivity index (χ1n) is 9.59. The van der Waals surface area contributed by atoms with E-state index in [9.17, 15) is 4.79 Å². The van der Waals surface area contributed by atoms with Gasteiger partial charge in [-0.15, -0.1) is 0 Å². The van der Waals surface area contributed by atoms with Gasteiger partial charge in [0.1, 0.15) is 5.60 Å². The maximum atomic E-state index is 12.9. The molecule has 0 spiro atoms. The zero-order chi connectivity index (χ0) is 21.5. The number of aromatic nitrogens is 1. The van der Waals surface area contributed by atoms with E-state index < -0.39 is 13.9 Å². The van der Waals surface area contributed by atoms with Crippen molar-refractivity contribution >= 4 is 41.9 Å². The highest BCUT2D eigenvalue weighted by Gasteiger charge is 2.45. The fraction of sp³-hybridized carbons (Fsp3) is 0.700. The molecule has 1 saturated heterocycles. The van der Waals surface area contributed by atoms with Crippen LogP contribution in [-0.2, 0) is 9.16 Å². The molecule has 1 amide bonds. The Bertz CT molecular complexity index is 731. The van der Waals surface area contributed by atoms with Crippen molar-refractivity contribution in [2.75, 3.05) is 6.54 Å². The summed E-state index contributed by atoms with van der Waals surface area (Å²) in [5.74, 6) is 0. The summed E-state index contributed by atoms with van der Waals surface area (Å²) in [7, 11) is -1.97. The van der Waals surface area contributed by atoms with Gasteiger partial charge in [0.2, 0.25) is 0 Å². The molecule has 0 aliphatic carbocycles. The third kappa shape index (κ3) is 5.49. The van der Waals surface area contributed by atoms with Crippen LogP contribution >= 0.6 is 27.5 Å². The van der Waals surface area contributed by atoms with Crippen molar-refractivity contribution in [1.82, 2.24) is 9.88 Å². The molecule has 2 heterocycles. The highest BCUT2D eigenvalue weighted by Crippen LogP contribution is 2.43. The second kappa shape index (κ2) is 8.24. The maximum Gasteiger partial charge on any atom is 0.410 e. The number of halogens is 2. The number of carbonyl (C=O) groups is 1. The highest BCUT2D eigenvalue weighted by molar-refractivity contribution is 9.10. The lowest BCUT2D eigenvalue weighted by molar-refractivity contribution is 0.0208. The van der Waals surface area contributed by atoms with E-state index in [1.807, 2.05) is 20.8 Å². The van der Waals surface area contributed by atoms with Crippen LogP contribution in [0.2, 0.25) is 23.2 Å². The van der Waals surface area contributed by atoms with Gasteiger partial charge in [-0.3, -0.25) is 9.88 Å². The van der Waals surface area contributed by atoms with Crippen LogP contribution in [0.1, 0.15) is 59.6 Å². The lowest BCUT2D eigenvalue weighted by Crippen LogP contribution is -2.45. The topological polar surface area (TPSA) is 51.7 Å². The van der Waals surface area contributed by atoms with Gasteiger partial charge in [0.15, 0.2) is 8.32 Å². The second-order valence-electron chi connectivity index (χ2n) is 9.91. The molecule has 0 saturated carbocycles. The van der Waals surface area contributed by atoms with Crippen LogP contribution in [0.5, 0.6) is 0 Å². The molecule has 0 radical (unpaired) electrons. The van der Waals surface area contributed by atoms with Crippen LogP contribution in [0.4, 0.5) is 4.79 Å². The van der Waals surface area contributed by atoms with Crippen LogP contribution in [0.3, 0.4) is 0 Å². The third-order valence-electron chi connectivity index (χ3n) is 5.38. The molecule has 8 heteroatoms. The Labute approximate surface area is 183 Å². The van der Waals surface area contributed by atoms with E-state index in [-0.39, 0.29) is 23.3 Å². The van der Waals surface area contributed by atoms with Gasteiger partial charge in [-0.2, -0.15) is 0 Å². The standard InChI is InChI=1S/C20H32BrClN2O3Si/c1-19(2,3)26-18(25)24-12-13(27-28(7,8)20(4,5)6)9-16(24)14-10-23-11-15(21)17(14)22/h10-11,13,16H,9,12H2,1-8H3/t13-,16+/m1/s1. The van der Waals surface area contributed by atoms with Gasteiger partial charge in [-0.1, -0.05) is 32.4 Å². The Balaban J connectivity index is 2.34. The average Bonchev–Trinajstić information content (AvgIpc) is 2.90. The molecule has 5 nitrogen and oxygen atoms in total. The first-order chi connectivity index (χ1) is 12.6. The van der Waals surface area contributed by atoms with Gasteiger partial charge in [0, 0.05) is 24.5 Å². The predicted molar refractivity (Wildman–Crippen MR) is 119 cm³/mol. The minimum absolute atomic E-state index is 0.0616. The Hall–Kier alpha value is -0.633. The Morgan fingerprint density at radius 2 is 1.86 bits per heavy atom. The molecule has 0 bridgehead atoms. The number of hydrogen-bond acceptors (Lipinski definition) is 4.